The van der Waals surface area contributed by atoms with Crippen molar-refractivity contribution >= 4 is 33.4 Å². The second-order valence-corrected chi connectivity index (χ2v) is 6.27. The second kappa shape index (κ2) is 6.90. The smallest absolute Gasteiger partial charge is 0.337 e. The maximum absolute atomic E-state index is 12.4. The molecule has 0 saturated heterocycles. The molecule has 0 unspecified atom stereocenters. The Morgan fingerprint density at radius 2 is 1.72 bits per heavy atom. The molecule has 0 radical (unpaired) electrons. The van der Waals surface area contributed by atoms with Crippen LogP contribution in [0.25, 0.3) is 10.2 Å². The fraction of sp³-hybridized carbons (Fsp3) is 0.167. The van der Waals surface area contributed by atoms with Crippen LogP contribution in [0, 0.1) is 0 Å². The normalized spacial score (nSPS) is 11.6. The number of carbonyl (C=O) groups is 2. The Kier molecular flexibility index (Phi) is 4.67. The minimum atomic E-state index is -0.397. The van der Waals surface area contributed by atoms with Crippen LogP contribution in [0.2, 0.25) is 0 Å². The Hall–Kier alpha value is -2.93. The molecule has 0 atom stereocenters. The zero-order chi connectivity index (χ0) is 18.0. The number of fused-ring (bicyclic) bond motifs is 1. The zero-order valence-electron chi connectivity index (χ0n) is 14.0. The lowest BCUT2D eigenvalue weighted by Gasteiger charge is -2.00. The topological polar surface area (TPSA) is 69.9 Å². The van der Waals surface area contributed by atoms with Gasteiger partial charge in [0.05, 0.1) is 30.0 Å². The van der Waals surface area contributed by atoms with Crippen LogP contribution in [0.15, 0.2) is 47.5 Å². The molecule has 0 bridgehead atoms. The molecule has 1 heterocycles. The van der Waals surface area contributed by atoms with Crippen LogP contribution in [0.3, 0.4) is 0 Å². The molecule has 6 nitrogen and oxygen atoms in total. The number of hydrogen-bond acceptors (Lipinski definition) is 5. The summed E-state index contributed by atoms with van der Waals surface area (Å²) in [6.07, 6.45) is 0. The highest BCUT2D eigenvalue weighted by atomic mass is 32.1. The first-order chi connectivity index (χ1) is 12.0. The van der Waals surface area contributed by atoms with E-state index in [0.717, 1.165) is 10.2 Å². The van der Waals surface area contributed by atoms with Gasteiger partial charge in [0.25, 0.3) is 5.91 Å². The second-order valence-electron chi connectivity index (χ2n) is 5.26. The highest BCUT2D eigenvalue weighted by Gasteiger charge is 2.11. The molecule has 2 aromatic carbocycles. The number of ether oxygens (including phenoxy) is 2. The lowest BCUT2D eigenvalue weighted by atomic mass is 10.2. The van der Waals surface area contributed by atoms with Gasteiger partial charge in [-0.25, -0.2) is 4.79 Å². The lowest BCUT2D eigenvalue weighted by Crippen LogP contribution is -2.13. The van der Waals surface area contributed by atoms with Crippen molar-refractivity contribution in [3.8, 4) is 5.75 Å². The van der Waals surface area contributed by atoms with Crippen LogP contribution >= 0.6 is 11.3 Å². The fourth-order valence-corrected chi connectivity index (χ4v) is 3.43. The minimum Gasteiger partial charge on any atom is -0.497 e. The van der Waals surface area contributed by atoms with Gasteiger partial charge in [0, 0.05) is 12.6 Å². The van der Waals surface area contributed by atoms with Gasteiger partial charge in [-0.1, -0.05) is 11.3 Å². The Morgan fingerprint density at radius 1 is 1.04 bits per heavy atom. The minimum absolute atomic E-state index is 0.335. The summed E-state index contributed by atoms with van der Waals surface area (Å²) < 4.78 is 12.5. The third-order valence-corrected chi connectivity index (χ3v) is 4.86. The summed E-state index contributed by atoms with van der Waals surface area (Å²) in [4.78, 5) is 28.8. The Morgan fingerprint density at radius 3 is 2.36 bits per heavy atom. The van der Waals surface area contributed by atoms with Crippen molar-refractivity contribution in [1.82, 2.24) is 4.57 Å². The number of rotatable bonds is 3. The summed E-state index contributed by atoms with van der Waals surface area (Å²) in [5, 5.41) is 0. The van der Waals surface area contributed by atoms with Crippen molar-refractivity contribution in [3.05, 3.63) is 58.4 Å². The Balaban J connectivity index is 2.01. The summed E-state index contributed by atoms with van der Waals surface area (Å²) in [6, 6.07) is 12.0. The first-order valence-corrected chi connectivity index (χ1v) is 8.26. The van der Waals surface area contributed by atoms with Crippen LogP contribution in [-0.2, 0) is 11.8 Å². The molecule has 3 rings (SSSR count). The van der Waals surface area contributed by atoms with Gasteiger partial charge in [-0.2, -0.15) is 4.99 Å². The van der Waals surface area contributed by atoms with Gasteiger partial charge in [-0.15, -0.1) is 0 Å². The Bertz CT molecular complexity index is 1020. The fourth-order valence-electron chi connectivity index (χ4n) is 2.37. The van der Waals surface area contributed by atoms with Crippen molar-refractivity contribution in [1.29, 1.82) is 0 Å². The van der Waals surface area contributed by atoms with E-state index in [4.69, 9.17) is 9.47 Å². The van der Waals surface area contributed by atoms with Crippen LogP contribution < -0.4 is 9.54 Å². The van der Waals surface area contributed by atoms with Crippen LogP contribution in [0.4, 0.5) is 0 Å². The number of esters is 1. The predicted molar refractivity (Wildman–Crippen MR) is 95.0 cm³/mol. The monoisotopic (exact) mass is 356 g/mol. The van der Waals surface area contributed by atoms with Crippen LogP contribution in [-0.4, -0.2) is 30.7 Å². The number of thiazole rings is 1. The summed E-state index contributed by atoms with van der Waals surface area (Å²) >= 11 is 1.34. The summed E-state index contributed by atoms with van der Waals surface area (Å²) in [5.74, 6) is -0.0527. The van der Waals surface area contributed by atoms with Crippen molar-refractivity contribution in [3.63, 3.8) is 0 Å². The van der Waals surface area contributed by atoms with E-state index in [9.17, 15) is 9.59 Å². The molecular formula is C18H16N2O4S. The number of methoxy groups -OCH3 is 2. The molecule has 0 fully saturated rings. The van der Waals surface area contributed by atoms with Crippen molar-refractivity contribution in [2.24, 2.45) is 12.0 Å². The molecule has 7 heteroatoms. The van der Waals surface area contributed by atoms with Gasteiger partial charge in [0.1, 0.15) is 5.75 Å². The molecule has 0 saturated carbocycles. The molecule has 0 aliphatic heterocycles. The largest absolute Gasteiger partial charge is 0.497 e. The standard InChI is InChI=1S/C18H16N2O4S/c1-20-14-9-6-12(17(22)24-3)10-15(14)25-18(20)19-16(21)11-4-7-13(23-2)8-5-11/h4-10H,1-3H3. The van der Waals surface area contributed by atoms with Crippen molar-refractivity contribution in [2.75, 3.05) is 14.2 Å². The SMILES string of the molecule is COC(=O)c1ccc2c(c1)sc(=NC(=O)c1ccc(OC)cc1)n2C. The number of hydrogen-bond donors (Lipinski definition) is 0. The number of aryl methyl sites for hydroxylation is 1. The third-order valence-electron chi connectivity index (χ3n) is 3.76. The highest BCUT2D eigenvalue weighted by Crippen LogP contribution is 2.19. The molecule has 1 aromatic heterocycles. The van der Waals surface area contributed by atoms with Gasteiger partial charge in [0.15, 0.2) is 4.80 Å². The molecule has 128 valence electrons. The molecule has 0 aliphatic carbocycles. The number of amides is 1. The van der Waals surface area contributed by atoms with E-state index in [1.54, 1.807) is 43.5 Å². The maximum Gasteiger partial charge on any atom is 0.337 e. The summed E-state index contributed by atoms with van der Waals surface area (Å²) in [5.41, 5.74) is 1.83. The quantitative estimate of drug-likeness (QED) is 0.677. The number of nitrogens with zero attached hydrogens (tertiary/aromatic N) is 2. The average molecular weight is 356 g/mol. The van der Waals surface area contributed by atoms with Gasteiger partial charge < -0.3 is 14.0 Å². The van der Waals surface area contributed by atoms with Crippen LogP contribution in [0.5, 0.6) is 5.75 Å². The molecular weight excluding hydrogens is 340 g/mol. The molecule has 3 aromatic rings. The van der Waals surface area contributed by atoms with E-state index in [1.807, 2.05) is 17.7 Å². The third kappa shape index (κ3) is 3.32. The molecule has 25 heavy (non-hydrogen) atoms. The van der Waals surface area contributed by atoms with Crippen molar-refractivity contribution in [2.45, 2.75) is 0 Å². The van der Waals surface area contributed by atoms with E-state index in [-0.39, 0.29) is 5.91 Å². The average Bonchev–Trinajstić information content (AvgIpc) is 2.96. The molecule has 0 N–H and O–H groups in total. The summed E-state index contributed by atoms with van der Waals surface area (Å²) in [6.45, 7) is 0. The summed E-state index contributed by atoms with van der Waals surface area (Å²) in [7, 11) is 4.74. The Labute approximate surface area is 148 Å². The van der Waals surface area contributed by atoms with Gasteiger partial charge in [-0.05, 0) is 42.5 Å². The van der Waals surface area contributed by atoms with Gasteiger partial charge >= 0.3 is 5.97 Å². The van der Waals surface area contributed by atoms with E-state index in [2.05, 4.69) is 4.99 Å². The predicted octanol–water partition coefficient (Wildman–Crippen LogP) is 2.78. The van der Waals surface area contributed by atoms with Gasteiger partial charge in [0.2, 0.25) is 0 Å². The molecule has 1 amide bonds. The van der Waals surface area contributed by atoms with E-state index >= 15 is 0 Å². The zero-order valence-corrected chi connectivity index (χ0v) is 14.8. The number of aromatic nitrogens is 1. The number of carbonyl (C=O) groups excluding carboxylic acids is 2. The number of benzene rings is 2. The highest BCUT2D eigenvalue weighted by molar-refractivity contribution is 7.16. The molecule has 0 aliphatic rings. The van der Waals surface area contributed by atoms with Gasteiger partial charge in [-0.3, -0.25) is 4.79 Å². The first kappa shape index (κ1) is 16.9. The first-order valence-electron chi connectivity index (χ1n) is 7.44. The maximum atomic E-state index is 12.4. The van der Waals surface area contributed by atoms with E-state index < -0.39 is 5.97 Å². The van der Waals surface area contributed by atoms with Crippen molar-refractivity contribution < 1.29 is 19.1 Å². The van der Waals surface area contributed by atoms with Crippen LogP contribution in [0.1, 0.15) is 20.7 Å². The molecule has 0 spiro atoms. The lowest BCUT2D eigenvalue weighted by molar-refractivity contribution is 0.0601. The van der Waals surface area contributed by atoms with E-state index in [1.165, 1.54) is 18.4 Å². The van der Waals surface area contributed by atoms with E-state index in [0.29, 0.717) is 21.7 Å².